The molecule has 208 valence electrons. The quantitative estimate of drug-likeness (QED) is 0.275. The summed E-state index contributed by atoms with van der Waals surface area (Å²) in [5.74, 6) is 0.621. The van der Waals surface area contributed by atoms with Crippen molar-refractivity contribution in [2.24, 2.45) is 0 Å². The number of amides is 1. The Hall–Kier alpha value is -4.97. The maximum atomic E-state index is 15.6. The molecule has 1 aliphatic heterocycles. The fourth-order valence-corrected chi connectivity index (χ4v) is 5.13. The number of fused-ring (bicyclic) bond motifs is 2. The van der Waals surface area contributed by atoms with Crippen LogP contribution in [-0.2, 0) is 9.53 Å². The van der Waals surface area contributed by atoms with Gasteiger partial charge in [-0.1, -0.05) is 6.58 Å². The molecule has 5 aromatic rings. The minimum atomic E-state index is -0.481. The van der Waals surface area contributed by atoms with E-state index >= 15 is 4.39 Å². The van der Waals surface area contributed by atoms with E-state index in [-0.39, 0.29) is 23.6 Å². The summed E-state index contributed by atoms with van der Waals surface area (Å²) in [6.07, 6.45) is 6.59. The molecule has 1 aromatic carbocycles. The smallest absolute Gasteiger partial charge is 0.246 e. The summed E-state index contributed by atoms with van der Waals surface area (Å²) in [6, 6.07) is 10.4. The summed E-state index contributed by atoms with van der Waals surface area (Å²) in [4.78, 5) is 31.9. The molecule has 11 nitrogen and oxygen atoms in total. The van der Waals surface area contributed by atoms with Crippen LogP contribution in [0.1, 0.15) is 23.6 Å². The largest absolute Gasteiger partial charge is 0.457 e. The predicted molar refractivity (Wildman–Crippen MR) is 150 cm³/mol. The minimum absolute atomic E-state index is 0.0103. The normalized spacial score (nSPS) is 16.8. The number of pyridine rings is 2. The molecule has 1 N–H and O–H groups in total. The topological polar surface area (TPSA) is 120 Å². The molecule has 0 aliphatic carbocycles. The standard InChI is InChI=1S/C29H27FN8O3/c1-4-26(39)37-13-18(11-19(37)14-40-3)21-5-6-23-28(35-21)29(33-15-31-23)36-22-7-8-24(17(2)27(22)30)41-20-9-10-38-25(12-20)32-16-34-38/h4-10,12,15-16,18-19H,1,11,13-14H2,2-3H3,(H,31,33,36)/t18-,19+/m1/s1. The first-order valence-corrected chi connectivity index (χ1v) is 13.0. The van der Waals surface area contributed by atoms with Gasteiger partial charge in [0.1, 0.15) is 29.7 Å². The summed E-state index contributed by atoms with van der Waals surface area (Å²) in [7, 11) is 1.62. The van der Waals surface area contributed by atoms with Gasteiger partial charge in [-0.3, -0.25) is 4.79 Å². The van der Waals surface area contributed by atoms with Crippen LogP contribution in [0.5, 0.6) is 11.5 Å². The van der Waals surface area contributed by atoms with E-state index in [4.69, 9.17) is 14.5 Å². The van der Waals surface area contributed by atoms with E-state index in [1.807, 2.05) is 12.1 Å². The van der Waals surface area contributed by atoms with Crippen molar-refractivity contribution >= 4 is 34.1 Å². The highest BCUT2D eigenvalue weighted by Crippen LogP contribution is 2.35. The summed E-state index contributed by atoms with van der Waals surface area (Å²) >= 11 is 0. The lowest BCUT2D eigenvalue weighted by molar-refractivity contribution is -0.127. The van der Waals surface area contributed by atoms with Gasteiger partial charge in [0.25, 0.3) is 0 Å². The molecule has 1 saturated heterocycles. The third-order valence-corrected chi connectivity index (χ3v) is 7.22. The number of carbonyl (C=O) groups excluding carboxylic acids is 1. The van der Waals surface area contributed by atoms with E-state index in [1.165, 1.54) is 18.7 Å². The number of benzene rings is 1. The Labute approximate surface area is 234 Å². The SMILES string of the molecule is C=CC(=O)N1C[C@H](c2ccc3ncnc(Nc4ccc(Oc5ccn6ncnc6c5)c(C)c4F)c3n2)C[C@H]1COC. The monoisotopic (exact) mass is 554 g/mol. The van der Waals surface area contributed by atoms with Crippen molar-refractivity contribution in [2.75, 3.05) is 25.6 Å². The molecular formula is C29H27FN8O3. The molecule has 6 rings (SSSR count). The van der Waals surface area contributed by atoms with Gasteiger partial charge >= 0.3 is 0 Å². The number of carbonyl (C=O) groups is 1. The number of aromatic nitrogens is 6. The van der Waals surface area contributed by atoms with Gasteiger partial charge in [0, 0.05) is 43.1 Å². The van der Waals surface area contributed by atoms with Crippen LogP contribution < -0.4 is 10.1 Å². The van der Waals surface area contributed by atoms with Crippen LogP contribution in [-0.4, -0.2) is 66.7 Å². The number of nitrogens with zero attached hydrogens (tertiary/aromatic N) is 7. The van der Waals surface area contributed by atoms with Crippen LogP contribution in [0.15, 0.2) is 67.9 Å². The Kier molecular flexibility index (Phi) is 6.98. The number of nitrogens with one attached hydrogen (secondary N) is 1. The minimum Gasteiger partial charge on any atom is -0.457 e. The molecule has 1 amide bonds. The Morgan fingerprint density at radius 3 is 2.90 bits per heavy atom. The second-order valence-corrected chi connectivity index (χ2v) is 9.77. The number of methoxy groups -OCH3 is 1. The molecule has 0 spiro atoms. The van der Waals surface area contributed by atoms with Gasteiger partial charge in [0.05, 0.1) is 23.9 Å². The third-order valence-electron chi connectivity index (χ3n) is 7.22. The van der Waals surface area contributed by atoms with Gasteiger partial charge in [-0.2, -0.15) is 5.10 Å². The van der Waals surface area contributed by atoms with Gasteiger partial charge in [-0.05, 0) is 49.8 Å². The van der Waals surface area contributed by atoms with Gasteiger partial charge in [-0.25, -0.2) is 28.8 Å². The zero-order chi connectivity index (χ0) is 28.5. The lowest BCUT2D eigenvalue weighted by Crippen LogP contribution is -2.37. The van der Waals surface area contributed by atoms with E-state index in [9.17, 15) is 4.79 Å². The molecule has 0 unspecified atom stereocenters. The highest BCUT2D eigenvalue weighted by molar-refractivity contribution is 5.88. The number of likely N-dealkylation sites (tertiary alicyclic amines) is 1. The number of rotatable bonds is 8. The van der Waals surface area contributed by atoms with Gasteiger partial charge < -0.3 is 19.7 Å². The molecule has 2 atom stereocenters. The third kappa shape index (κ3) is 5.05. The summed E-state index contributed by atoms with van der Waals surface area (Å²) < 4.78 is 28.5. The van der Waals surface area contributed by atoms with E-state index in [0.717, 1.165) is 5.69 Å². The van der Waals surface area contributed by atoms with E-state index in [2.05, 4.69) is 31.9 Å². The Balaban J connectivity index is 1.27. The zero-order valence-corrected chi connectivity index (χ0v) is 22.5. The molecular weight excluding hydrogens is 527 g/mol. The number of anilines is 2. The van der Waals surface area contributed by atoms with Crippen molar-refractivity contribution in [1.82, 2.24) is 34.4 Å². The number of halogens is 1. The Bertz CT molecular complexity index is 1770. The predicted octanol–water partition coefficient (Wildman–Crippen LogP) is 4.57. The van der Waals surface area contributed by atoms with Gasteiger partial charge in [0.2, 0.25) is 5.91 Å². The lowest BCUT2D eigenvalue weighted by atomic mass is 10.0. The van der Waals surface area contributed by atoms with Crippen LogP contribution in [0.3, 0.4) is 0 Å². The molecule has 4 aromatic heterocycles. The van der Waals surface area contributed by atoms with Crippen LogP contribution in [0, 0.1) is 12.7 Å². The molecule has 12 heteroatoms. The fourth-order valence-electron chi connectivity index (χ4n) is 5.13. The number of hydrogen-bond acceptors (Lipinski definition) is 9. The fraction of sp³-hybridized carbons (Fsp3) is 0.241. The summed E-state index contributed by atoms with van der Waals surface area (Å²) in [6.45, 7) is 6.18. The molecule has 1 aliphatic rings. The van der Waals surface area contributed by atoms with E-state index in [0.29, 0.717) is 59.1 Å². The van der Waals surface area contributed by atoms with Crippen LogP contribution in [0.2, 0.25) is 0 Å². The van der Waals surface area contributed by atoms with Crippen LogP contribution in [0.25, 0.3) is 16.7 Å². The van der Waals surface area contributed by atoms with Crippen LogP contribution >= 0.6 is 0 Å². The first-order chi connectivity index (χ1) is 19.9. The molecule has 1 fully saturated rings. The first kappa shape index (κ1) is 26.3. The van der Waals surface area contributed by atoms with Gasteiger partial charge in [0.15, 0.2) is 17.3 Å². The summed E-state index contributed by atoms with van der Waals surface area (Å²) in [5.41, 5.74) is 3.07. The van der Waals surface area contributed by atoms with Crippen molar-refractivity contribution in [3.8, 4) is 11.5 Å². The van der Waals surface area contributed by atoms with Gasteiger partial charge in [-0.15, -0.1) is 0 Å². The Morgan fingerprint density at radius 1 is 1.20 bits per heavy atom. The maximum Gasteiger partial charge on any atom is 0.246 e. The van der Waals surface area contributed by atoms with E-state index < -0.39 is 5.82 Å². The molecule has 41 heavy (non-hydrogen) atoms. The molecule has 0 radical (unpaired) electrons. The van der Waals surface area contributed by atoms with E-state index in [1.54, 1.807) is 53.9 Å². The molecule has 0 saturated carbocycles. The van der Waals surface area contributed by atoms with Crippen molar-refractivity contribution < 1.29 is 18.7 Å². The Morgan fingerprint density at radius 2 is 2.07 bits per heavy atom. The maximum absolute atomic E-state index is 15.6. The lowest BCUT2D eigenvalue weighted by Gasteiger charge is -2.22. The molecule has 0 bridgehead atoms. The average Bonchev–Trinajstić information content (AvgIpc) is 3.64. The van der Waals surface area contributed by atoms with Crippen LogP contribution in [0.4, 0.5) is 15.9 Å². The van der Waals surface area contributed by atoms with Crippen molar-refractivity contribution in [3.05, 3.63) is 85.0 Å². The average molecular weight is 555 g/mol. The highest BCUT2D eigenvalue weighted by atomic mass is 19.1. The second-order valence-electron chi connectivity index (χ2n) is 9.77. The zero-order valence-electron chi connectivity index (χ0n) is 22.5. The second kappa shape index (κ2) is 10.9. The summed E-state index contributed by atoms with van der Waals surface area (Å²) in [5, 5.41) is 7.15. The number of ether oxygens (including phenoxy) is 2. The number of hydrogen-bond donors (Lipinski definition) is 1. The van der Waals surface area contributed by atoms with Crippen molar-refractivity contribution in [2.45, 2.75) is 25.3 Å². The molecule has 5 heterocycles. The highest BCUT2D eigenvalue weighted by Gasteiger charge is 2.35. The van der Waals surface area contributed by atoms with Crippen molar-refractivity contribution in [3.63, 3.8) is 0 Å². The first-order valence-electron chi connectivity index (χ1n) is 13.0. The van der Waals surface area contributed by atoms with Crippen molar-refractivity contribution in [1.29, 1.82) is 0 Å².